The van der Waals surface area contributed by atoms with Crippen molar-refractivity contribution in [2.24, 2.45) is 0 Å². The van der Waals surface area contributed by atoms with E-state index in [1.54, 1.807) is 17.0 Å². The number of hydrogen-bond donors (Lipinski definition) is 1. The second kappa shape index (κ2) is 8.04. The zero-order chi connectivity index (χ0) is 18.5. The van der Waals surface area contributed by atoms with Gasteiger partial charge in [0, 0.05) is 36.6 Å². The first kappa shape index (κ1) is 18.0. The van der Waals surface area contributed by atoms with Crippen molar-refractivity contribution < 1.29 is 13.9 Å². The lowest BCUT2D eigenvalue weighted by Crippen LogP contribution is -2.30. The summed E-state index contributed by atoms with van der Waals surface area (Å²) in [7, 11) is 1.44. The van der Waals surface area contributed by atoms with E-state index in [4.69, 9.17) is 4.74 Å². The maximum Gasteiger partial charge on any atom is 0.223 e. The summed E-state index contributed by atoms with van der Waals surface area (Å²) >= 11 is 0. The molecular weight excluding hydrogens is 331 g/mol. The first-order chi connectivity index (χ1) is 12.6. The molecule has 0 unspecified atom stereocenters. The number of carbonyl (C=O) groups excluding carboxylic acids is 1. The van der Waals surface area contributed by atoms with Crippen molar-refractivity contribution in [1.82, 2.24) is 9.88 Å². The Morgan fingerprint density at radius 1 is 1.23 bits per heavy atom. The maximum absolute atomic E-state index is 13.9. The number of nitrogens with one attached hydrogen (secondary N) is 1. The molecule has 0 spiro atoms. The van der Waals surface area contributed by atoms with Gasteiger partial charge in [-0.1, -0.05) is 24.3 Å². The lowest BCUT2D eigenvalue weighted by molar-refractivity contribution is -0.131. The largest absolute Gasteiger partial charge is 0.494 e. The number of nitrogens with zero attached hydrogens (tertiary/aromatic N) is 1. The van der Waals surface area contributed by atoms with Gasteiger partial charge in [-0.15, -0.1) is 0 Å². The molecule has 26 heavy (non-hydrogen) atoms. The fraction of sp³-hybridized carbons (Fsp3) is 0.286. The summed E-state index contributed by atoms with van der Waals surface area (Å²) in [5, 5.41) is 1.15. The van der Waals surface area contributed by atoms with Crippen LogP contribution in [-0.4, -0.2) is 29.4 Å². The summed E-state index contributed by atoms with van der Waals surface area (Å²) in [5.41, 5.74) is 2.97. The van der Waals surface area contributed by atoms with E-state index >= 15 is 0 Å². The van der Waals surface area contributed by atoms with Crippen LogP contribution in [0.4, 0.5) is 4.39 Å². The Bertz CT molecular complexity index is 904. The number of ether oxygens (including phenoxy) is 1. The van der Waals surface area contributed by atoms with Gasteiger partial charge in [-0.25, -0.2) is 4.39 Å². The van der Waals surface area contributed by atoms with Gasteiger partial charge in [0.15, 0.2) is 11.6 Å². The van der Waals surface area contributed by atoms with Gasteiger partial charge in [-0.3, -0.25) is 4.79 Å². The van der Waals surface area contributed by atoms with Gasteiger partial charge in [0.2, 0.25) is 5.91 Å². The second-order valence-electron chi connectivity index (χ2n) is 6.24. The zero-order valence-corrected chi connectivity index (χ0v) is 15.1. The summed E-state index contributed by atoms with van der Waals surface area (Å²) in [6.07, 6.45) is 3.07. The van der Waals surface area contributed by atoms with Crippen LogP contribution in [0.1, 0.15) is 24.5 Å². The predicted molar refractivity (Wildman–Crippen MR) is 101 cm³/mol. The molecule has 1 N–H and O–H groups in total. The topological polar surface area (TPSA) is 45.3 Å². The third kappa shape index (κ3) is 3.87. The molecular formula is C21H23FN2O2. The quantitative estimate of drug-likeness (QED) is 0.688. The summed E-state index contributed by atoms with van der Waals surface area (Å²) in [6, 6.07) is 12.9. The molecule has 0 aliphatic rings. The number of para-hydroxylation sites is 1. The Morgan fingerprint density at radius 3 is 2.77 bits per heavy atom. The Balaban J connectivity index is 1.64. The average molecular weight is 354 g/mol. The van der Waals surface area contributed by atoms with Crippen molar-refractivity contribution in [2.75, 3.05) is 13.7 Å². The lowest BCUT2D eigenvalue weighted by Gasteiger charge is -2.21. The smallest absolute Gasteiger partial charge is 0.223 e. The number of fused-ring (bicyclic) bond motifs is 1. The number of rotatable bonds is 7. The molecule has 0 atom stereocenters. The zero-order valence-electron chi connectivity index (χ0n) is 15.1. The number of carbonyl (C=O) groups is 1. The minimum absolute atomic E-state index is 0.0639. The molecule has 3 aromatic rings. The van der Waals surface area contributed by atoms with Gasteiger partial charge in [-0.05, 0) is 42.7 Å². The summed E-state index contributed by atoms with van der Waals surface area (Å²) in [6.45, 7) is 2.91. The standard InChI is InChI=1S/C21H23FN2O2/c1-3-24(14-15-8-10-20(26-2)18(22)12-15)21(25)11-9-16-13-23-19-7-5-4-6-17(16)19/h4-8,10,12-13,23H,3,9,11,14H2,1-2H3. The molecule has 0 saturated heterocycles. The number of aryl methyl sites for hydroxylation is 1. The van der Waals surface area contributed by atoms with Crippen molar-refractivity contribution >= 4 is 16.8 Å². The Morgan fingerprint density at radius 2 is 2.04 bits per heavy atom. The van der Waals surface area contributed by atoms with Gasteiger partial charge < -0.3 is 14.6 Å². The van der Waals surface area contributed by atoms with Gasteiger partial charge in [0.05, 0.1) is 7.11 Å². The summed E-state index contributed by atoms with van der Waals surface area (Å²) < 4.78 is 18.8. The third-order valence-electron chi connectivity index (χ3n) is 4.61. The first-order valence-electron chi connectivity index (χ1n) is 8.77. The molecule has 0 saturated carbocycles. The van der Waals surface area contributed by atoms with Gasteiger partial charge >= 0.3 is 0 Å². The second-order valence-corrected chi connectivity index (χ2v) is 6.24. The van der Waals surface area contributed by atoms with E-state index in [9.17, 15) is 9.18 Å². The fourth-order valence-electron chi connectivity index (χ4n) is 3.14. The van der Waals surface area contributed by atoms with Crippen LogP contribution in [0, 0.1) is 5.82 Å². The molecule has 136 valence electrons. The third-order valence-corrected chi connectivity index (χ3v) is 4.61. The fourth-order valence-corrected chi connectivity index (χ4v) is 3.14. The normalized spacial score (nSPS) is 10.9. The molecule has 1 amide bonds. The average Bonchev–Trinajstić information content (AvgIpc) is 3.07. The number of aromatic amines is 1. The number of H-pyrrole nitrogens is 1. The van der Waals surface area contributed by atoms with Crippen LogP contribution in [0.15, 0.2) is 48.7 Å². The lowest BCUT2D eigenvalue weighted by atomic mass is 10.1. The Labute approximate surface area is 152 Å². The molecule has 0 bridgehead atoms. The molecule has 1 aromatic heterocycles. The number of benzene rings is 2. The summed E-state index contributed by atoms with van der Waals surface area (Å²) in [4.78, 5) is 17.6. The number of methoxy groups -OCH3 is 1. The number of halogens is 1. The van der Waals surface area contributed by atoms with Crippen molar-refractivity contribution in [2.45, 2.75) is 26.3 Å². The monoisotopic (exact) mass is 354 g/mol. The van der Waals surface area contributed by atoms with E-state index in [0.29, 0.717) is 25.9 Å². The molecule has 0 aliphatic carbocycles. The van der Waals surface area contributed by atoms with E-state index in [2.05, 4.69) is 11.1 Å². The van der Waals surface area contributed by atoms with E-state index in [0.717, 1.165) is 22.0 Å². The van der Waals surface area contributed by atoms with Crippen molar-refractivity contribution in [1.29, 1.82) is 0 Å². The highest BCUT2D eigenvalue weighted by Gasteiger charge is 2.14. The molecule has 3 rings (SSSR count). The van der Waals surface area contributed by atoms with Crippen LogP contribution < -0.4 is 4.74 Å². The molecule has 1 heterocycles. The van der Waals surface area contributed by atoms with Gasteiger partial charge in [-0.2, -0.15) is 0 Å². The summed E-state index contributed by atoms with van der Waals surface area (Å²) in [5.74, 6) is -0.135. The predicted octanol–water partition coefficient (Wildman–Crippen LogP) is 4.30. The van der Waals surface area contributed by atoms with Gasteiger partial charge in [0.25, 0.3) is 0 Å². The molecule has 5 heteroatoms. The Hall–Kier alpha value is -2.82. The van der Waals surface area contributed by atoms with E-state index < -0.39 is 5.82 Å². The molecule has 0 radical (unpaired) electrons. The van der Waals surface area contributed by atoms with E-state index in [1.165, 1.54) is 13.2 Å². The number of hydrogen-bond acceptors (Lipinski definition) is 2. The van der Waals surface area contributed by atoms with Crippen LogP contribution in [0.3, 0.4) is 0 Å². The first-order valence-corrected chi connectivity index (χ1v) is 8.77. The van der Waals surface area contributed by atoms with Crippen molar-refractivity contribution in [3.8, 4) is 5.75 Å². The molecule has 4 nitrogen and oxygen atoms in total. The van der Waals surface area contributed by atoms with Crippen LogP contribution in [0.5, 0.6) is 5.75 Å². The highest BCUT2D eigenvalue weighted by atomic mass is 19.1. The Kier molecular flexibility index (Phi) is 5.56. The molecule has 0 aliphatic heterocycles. The SMILES string of the molecule is CCN(Cc1ccc(OC)c(F)c1)C(=O)CCc1c[nH]c2ccccc12. The van der Waals surface area contributed by atoms with Crippen molar-refractivity contribution in [3.05, 3.63) is 65.6 Å². The minimum Gasteiger partial charge on any atom is -0.494 e. The van der Waals surface area contributed by atoms with Crippen LogP contribution in [0.2, 0.25) is 0 Å². The van der Waals surface area contributed by atoms with E-state index in [1.807, 2.05) is 31.3 Å². The van der Waals surface area contributed by atoms with Crippen LogP contribution >= 0.6 is 0 Å². The van der Waals surface area contributed by atoms with Crippen molar-refractivity contribution in [3.63, 3.8) is 0 Å². The van der Waals surface area contributed by atoms with Crippen LogP contribution in [0.25, 0.3) is 10.9 Å². The van der Waals surface area contributed by atoms with E-state index in [-0.39, 0.29) is 11.7 Å². The molecule has 0 fully saturated rings. The number of aromatic nitrogens is 1. The highest BCUT2D eigenvalue weighted by Crippen LogP contribution is 2.21. The minimum atomic E-state index is -0.410. The highest BCUT2D eigenvalue weighted by molar-refractivity contribution is 5.84. The molecule has 2 aromatic carbocycles. The number of amides is 1. The maximum atomic E-state index is 13.9. The van der Waals surface area contributed by atoms with Gasteiger partial charge in [0.1, 0.15) is 0 Å². The van der Waals surface area contributed by atoms with Crippen LogP contribution in [-0.2, 0) is 17.8 Å².